The maximum absolute atomic E-state index is 13.5. The predicted octanol–water partition coefficient (Wildman–Crippen LogP) is 10.2. The van der Waals surface area contributed by atoms with Gasteiger partial charge in [-0.25, -0.2) is 19.2 Å². The van der Waals surface area contributed by atoms with Gasteiger partial charge in [-0.3, -0.25) is 9.59 Å². The third-order valence-electron chi connectivity index (χ3n) is 14.3. The Labute approximate surface area is 496 Å². The second-order valence-electron chi connectivity index (χ2n) is 20.7. The lowest BCUT2D eigenvalue weighted by Crippen LogP contribution is -2.33. The lowest BCUT2D eigenvalue weighted by molar-refractivity contribution is -0.148. The minimum Gasteiger partial charge on any atom is -0.507 e. The quantitative estimate of drug-likeness (QED) is 0.00917. The highest BCUT2D eigenvalue weighted by atomic mass is 16.6. The van der Waals surface area contributed by atoms with Gasteiger partial charge in [0.15, 0.2) is 35.3 Å². The summed E-state index contributed by atoms with van der Waals surface area (Å²) in [5.41, 5.74) is 1.77. The van der Waals surface area contributed by atoms with Gasteiger partial charge in [0, 0.05) is 60.8 Å². The van der Waals surface area contributed by atoms with Crippen LogP contribution >= 0.6 is 0 Å². The van der Waals surface area contributed by atoms with E-state index < -0.39 is 96.1 Å². The molecule has 0 bridgehead atoms. The maximum atomic E-state index is 13.5. The first-order chi connectivity index (χ1) is 40.8. The van der Waals surface area contributed by atoms with Crippen LogP contribution in [0.4, 0.5) is 11.4 Å². The topological polar surface area (TPSA) is 339 Å². The number of anilines is 2. The molecule has 4 aromatic rings. The zero-order chi connectivity index (χ0) is 62.6. The van der Waals surface area contributed by atoms with Crippen molar-refractivity contribution in [1.82, 2.24) is 0 Å². The number of hydrogen-bond donors (Lipinski definition) is 10. The summed E-state index contributed by atoms with van der Waals surface area (Å²) in [5, 5.41) is 95.3. The molecule has 10 N–H and O–H groups in total. The molecule has 2 heterocycles. The van der Waals surface area contributed by atoms with E-state index in [2.05, 4.69) is 47.0 Å². The highest BCUT2D eigenvalue weighted by Gasteiger charge is 2.40. The van der Waals surface area contributed by atoms with Gasteiger partial charge < -0.3 is 75.1 Å². The van der Waals surface area contributed by atoms with Crippen molar-refractivity contribution in [3.63, 3.8) is 0 Å². The van der Waals surface area contributed by atoms with E-state index in [-0.39, 0.29) is 44.9 Å². The van der Waals surface area contributed by atoms with Gasteiger partial charge in [-0.15, -0.1) is 0 Å². The van der Waals surface area contributed by atoms with Gasteiger partial charge in [-0.1, -0.05) is 141 Å². The minimum absolute atomic E-state index is 0.0105. The molecule has 2 aliphatic heterocycles. The van der Waals surface area contributed by atoms with E-state index in [0.29, 0.717) is 0 Å². The molecule has 21 nitrogen and oxygen atoms in total. The van der Waals surface area contributed by atoms with Gasteiger partial charge >= 0.3 is 23.9 Å². The molecule has 0 saturated heterocycles. The SMILES string of the molecule is CCCCCCN(CCCCCC)c1ccc(C(=O)c2ccccc2C(=O)O)c(O)c1.CCCCCCN(CCCCCC)c1ccc(C(=O)c2ccccc2C(=O)OCC(O)C2OC(=O)C(O)=C2O)c(O)c1.O=C1OC(C(O)CO)C(O)=C1O. The van der Waals surface area contributed by atoms with Crippen LogP contribution in [0, 0.1) is 0 Å². The monoisotopic (exact) mass is 1180 g/mol. The molecule has 6 rings (SSSR count). The van der Waals surface area contributed by atoms with Crippen molar-refractivity contribution in [3.05, 3.63) is 141 Å². The lowest BCUT2D eigenvalue weighted by Gasteiger charge is -2.25. The van der Waals surface area contributed by atoms with Crippen molar-refractivity contribution in [1.29, 1.82) is 0 Å². The number of carboxylic acids is 1. The lowest BCUT2D eigenvalue weighted by atomic mass is 9.97. The van der Waals surface area contributed by atoms with E-state index in [1.807, 2.05) is 12.1 Å². The van der Waals surface area contributed by atoms with E-state index in [1.54, 1.807) is 42.5 Å². The molecule has 4 unspecified atom stereocenters. The Morgan fingerprint density at radius 3 is 1.16 bits per heavy atom. The molecule has 464 valence electrons. The number of phenolic OH excluding ortho intramolecular Hbond substituents is 2. The molecular formula is C64H84N2O19. The number of ether oxygens (including phenoxy) is 3. The summed E-state index contributed by atoms with van der Waals surface area (Å²) in [7, 11) is 0. The molecule has 4 aromatic carbocycles. The summed E-state index contributed by atoms with van der Waals surface area (Å²) in [5.74, 6) is -9.37. The smallest absolute Gasteiger partial charge is 0.377 e. The Kier molecular flexibility index (Phi) is 29.3. The van der Waals surface area contributed by atoms with E-state index in [9.17, 15) is 59.4 Å². The number of aliphatic hydroxyl groups is 7. The number of phenols is 2. The van der Waals surface area contributed by atoms with Gasteiger partial charge in [0.2, 0.25) is 11.5 Å². The first-order valence-electron chi connectivity index (χ1n) is 29.2. The van der Waals surface area contributed by atoms with Crippen molar-refractivity contribution in [2.24, 2.45) is 0 Å². The number of aromatic hydroxyl groups is 2. The number of aliphatic hydroxyl groups excluding tert-OH is 7. The second kappa shape index (κ2) is 35.9. The van der Waals surface area contributed by atoms with Gasteiger partial charge in [0.1, 0.15) is 30.3 Å². The number of benzene rings is 4. The Morgan fingerprint density at radius 2 is 0.835 bits per heavy atom. The number of carboxylic acid groups (broad SMARTS) is 1. The van der Waals surface area contributed by atoms with Crippen LogP contribution < -0.4 is 9.80 Å². The maximum Gasteiger partial charge on any atom is 0.377 e. The standard InChI is InChI=1S/C32H41NO9.C26H35NO4.C6H8O6/c1-3-5-7-11-17-33(18-12-8-6-4-2)21-15-16-24(25(34)19-21)27(36)22-13-9-10-14-23(22)31(39)41-20-26(35)30-28(37)29(38)32(40)42-30;1-3-5-7-11-17-27(18-12-8-6-4-2)20-15-16-23(24(28)19-20)25(29)21-13-9-10-14-22(21)26(30)31;7-1-2(8)5-3(9)4(10)6(11)12-5/h9-10,13-16,19,26,30,34-35,37-38H,3-8,11-12,17-18,20H2,1-2H3;9-10,13-16,19,28H,3-8,11-12,17-18H2,1-2H3,(H,30,31);2,5,7-10H,1H2. The van der Waals surface area contributed by atoms with Crippen LogP contribution in [0.15, 0.2) is 108 Å². The highest BCUT2D eigenvalue weighted by molar-refractivity contribution is 6.16. The number of aromatic carboxylic acids is 1. The molecule has 85 heavy (non-hydrogen) atoms. The van der Waals surface area contributed by atoms with Gasteiger partial charge in [-0.05, 0) is 62.1 Å². The summed E-state index contributed by atoms with van der Waals surface area (Å²) in [6.45, 7) is 10.9. The zero-order valence-corrected chi connectivity index (χ0v) is 49.0. The second-order valence-corrected chi connectivity index (χ2v) is 20.7. The minimum atomic E-state index is -1.66. The molecule has 0 spiro atoms. The average molecular weight is 1190 g/mol. The third kappa shape index (κ3) is 20.3. The summed E-state index contributed by atoms with van der Waals surface area (Å²) in [6.07, 6.45) is 12.3. The zero-order valence-electron chi connectivity index (χ0n) is 49.0. The van der Waals surface area contributed by atoms with Crippen molar-refractivity contribution in [3.8, 4) is 11.5 Å². The number of hydrogen-bond acceptors (Lipinski definition) is 20. The van der Waals surface area contributed by atoms with Crippen LogP contribution in [-0.4, -0.2) is 150 Å². The summed E-state index contributed by atoms with van der Waals surface area (Å²) < 4.78 is 14.1. The molecule has 0 aromatic heterocycles. The van der Waals surface area contributed by atoms with Crippen LogP contribution in [0.5, 0.6) is 11.5 Å². The highest BCUT2D eigenvalue weighted by Crippen LogP contribution is 2.31. The van der Waals surface area contributed by atoms with Crippen LogP contribution in [-0.2, 0) is 23.8 Å². The fourth-order valence-corrected chi connectivity index (χ4v) is 9.37. The molecule has 0 aliphatic carbocycles. The van der Waals surface area contributed by atoms with E-state index in [0.717, 1.165) is 88.9 Å². The van der Waals surface area contributed by atoms with Crippen molar-refractivity contribution >= 4 is 46.8 Å². The largest absolute Gasteiger partial charge is 0.507 e. The average Bonchev–Trinajstić information content (AvgIpc) is 4.14. The number of esters is 3. The van der Waals surface area contributed by atoms with Gasteiger partial charge in [0.25, 0.3) is 0 Å². The molecule has 2 aliphatic rings. The molecule has 0 saturated carbocycles. The first-order valence-corrected chi connectivity index (χ1v) is 29.2. The fraction of sp³-hybridized carbons (Fsp3) is 0.469. The molecular weight excluding hydrogens is 1100 g/mol. The Balaban J connectivity index is 0.000000313. The van der Waals surface area contributed by atoms with Crippen LogP contribution in [0.3, 0.4) is 0 Å². The van der Waals surface area contributed by atoms with Crippen molar-refractivity contribution < 1.29 is 94.0 Å². The van der Waals surface area contributed by atoms with Gasteiger partial charge in [-0.2, -0.15) is 0 Å². The molecule has 0 amide bonds. The Bertz CT molecular complexity index is 2890. The predicted molar refractivity (Wildman–Crippen MR) is 318 cm³/mol. The number of carbonyl (C=O) groups is 6. The molecule has 0 fully saturated rings. The number of unbranched alkanes of at least 4 members (excludes halogenated alkanes) is 12. The summed E-state index contributed by atoms with van der Waals surface area (Å²) >= 11 is 0. The Hall–Kier alpha value is -8.14. The number of ketones is 2. The molecule has 4 atom stereocenters. The van der Waals surface area contributed by atoms with E-state index in [4.69, 9.17) is 25.2 Å². The molecule has 21 heteroatoms. The summed E-state index contributed by atoms with van der Waals surface area (Å²) in [6, 6.07) is 22.0. The third-order valence-corrected chi connectivity index (χ3v) is 14.3. The van der Waals surface area contributed by atoms with Crippen molar-refractivity contribution in [2.75, 3.05) is 49.2 Å². The molecule has 0 radical (unpaired) electrons. The Morgan fingerprint density at radius 1 is 0.482 bits per heavy atom. The number of cyclic esters (lactones) is 2. The number of rotatable bonds is 33. The number of nitrogens with zero attached hydrogens (tertiary/aromatic N) is 2. The van der Waals surface area contributed by atoms with Gasteiger partial charge in [0.05, 0.1) is 28.9 Å². The summed E-state index contributed by atoms with van der Waals surface area (Å²) in [4.78, 5) is 77.1. The first kappa shape index (κ1) is 69.4. The van der Waals surface area contributed by atoms with Crippen LogP contribution in [0.25, 0.3) is 0 Å². The van der Waals surface area contributed by atoms with Crippen molar-refractivity contribution in [2.45, 2.75) is 155 Å². The van der Waals surface area contributed by atoms with E-state index in [1.165, 1.54) is 81.7 Å². The normalized spacial score (nSPS) is 15.2. The fourth-order valence-electron chi connectivity index (χ4n) is 9.37. The number of carbonyl (C=O) groups excluding carboxylic acids is 5. The van der Waals surface area contributed by atoms with Crippen LogP contribution in [0.2, 0.25) is 0 Å². The van der Waals surface area contributed by atoms with E-state index >= 15 is 0 Å². The van der Waals surface area contributed by atoms with Crippen LogP contribution in [0.1, 0.15) is 183 Å².